The molecular weight excluding hydrogens is 406 g/mol. The molecule has 30 heavy (non-hydrogen) atoms. The average molecular weight is 424 g/mol. The lowest BCUT2D eigenvalue weighted by Gasteiger charge is -2.11. The van der Waals surface area contributed by atoms with Crippen molar-refractivity contribution in [3.8, 4) is 22.8 Å². The van der Waals surface area contributed by atoms with Crippen molar-refractivity contribution in [1.82, 2.24) is 13.7 Å². The maximum atomic E-state index is 13.1. The van der Waals surface area contributed by atoms with Gasteiger partial charge in [0.2, 0.25) is 6.79 Å². The molecule has 0 spiro atoms. The van der Waals surface area contributed by atoms with Crippen LogP contribution in [0.1, 0.15) is 5.56 Å². The summed E-state index contributed by atoms with van der Waals surface area (Å²) in [7, 11) is 3.16. The van der Waals surface area contributed by atoms with E-state index in [2.05, 4.69) is 0 Å². The molecule has 2 aromatic carbocycles. The van der Waals surface area contributed by atoms with Gasteiger partial charge in [-0.1, -0.05) is 29.8 Å². The second kappa shape index (κ2) is 6.81. The monoisotopic (exact) mass is 423 g/mol. The first-order valence-corrected chi connectivity index (χ1v) is 9.75. The average Bonchev–Trinajstić information content (AvgIpc) is 3.36. The normalized spacial score (nSPS) is 12.6. The first kappa shape index (κ1) is 18.6. The van der Waals surface area contributed by atoms with Gasteiger partial charge in [-0.2, -0.15) is 0 Å². The molecule has 2 aromatic heterocycles. The zero-order valence-electron chi connectivity index (χ0n) is 16.4. The van der Waals surface area contributed by atoms with Gasteiger partial charge in [0.15, 0.2) is 11.5 Å². The van der Waals surface area contributed by atoms with Gasteiger partial charge in [0.05, 0.1) is 16.6 Å². The summed E-state index contributed by atoms with van der Waals surface area (Å²) in [5, 5.41) is 1.10. The third-order valence-corrected chi connectivity index (χ3v) is 5.67. The number of ether oxygens (including phenoxy) is 2. The van der Waals surface area contributed by atoms with E-state index in [4.69, 9.17) is 21.1 Å². The summed E-state index contributed by atoms with van der Waals surface area (Å²) in [6, 6.07) is 13.1. The summed E-state index contributed by atoms with van der Waals surface area (Å²) >= 11 is 6.07. The zero-order valence-corrected chi connectivity index (χ0v) is 17.1. The van der Waals surface area contributed by atoms with Crippen LogP contribution < -0.4 is 20.7 Å². The summed E-state index contributed by atoms with van der Waals surface area (Å²) in [4.78, 5) is 25.5. The van der Waals surface area contributed by atoms with Crippen molar-refractivity contribution in [3.63, 3.8) is 0 Å². The van der Waals surface area contributed by atoms with Crippen molar-refractivity contribution in [2.24, 2.45) is 14.1 Å². The van der Waals surface area contributed by atoms with E-state index in [9.17, 15) is 9.59 Å². The molecule has 0 aliphatic carbocycles. The smallest absolute Gasteiger partial charge is 0.330 e. The number of aryl methyl sites for hydroxylation is 1. The van der Waals surface area contributed by atoms with Crippen LogP contribution in [0.15, 0.2) is 58.3 Å². The van der Waals surface area contributed by atoms with Gasteiger partial charge in [-0.3, -0.25) is 13.9 Å². The minimum absolute atomic E-state index is 0.209. The lowest BCUT2D eigenvalue weighted by molar-refractivity contribution is 0.174. The fourth-order valence-electron chi connectivity index (χ4n) is 3.87. The number of halogens is 1. The number of rotatable bonds is 3. The Bertz CT molecular complexity index is 1410. The molecule has 0 atom stereocenters. The Morgan fingerprint density at radius 1 is 0.967 bits per heavy atom. The van der Waals surface area contributed by atoms with Crippen LogP contribution in [0, 0.1) is 0 Å². The van der Waals surface area contributed by atoms with Crippen molar-refractivity contribution >= 4 is 22.5 Å². The van der Waals surface area contributed by atoms with Crippen LogP contribution in [0.4, 0.5) is 0 Å². The predicted molar refractivity (Wildman–Crippen MR) is 115 cm³/mol. The Labute approximate surface area is 176 Å². The van der Waals surface area contributed by atoms with Crippen molar-refractivity contribution in [2.45, 2.75) is 6.54 Å². The number of hydrogen-bond acceptors (Lipinski definition) is 4. The van der Waals surface area contributed by atoms with Crippen molar-refractivity contribution in [3.05, 3.63) is 80.1 Å². The van der Waals surface area contributed by atoms with Gasteiger partial charge in [-0.15, -0.1) is 0 Å². The predicted octanol–water partition coefficient (Wildman–Crippen LogP) is 3.14. The second-order valence-electron chi connectivity index (χ2n) is 7.27. The minimum atomic E-state index is -0.365. The van der Waals surface area contributed by atoms with Gasteiger partial charge >= 0.3 is 5.69 Å². The Hall–Kier alpha value is -3.45. The van der Waals surface area contributed by atoms with E-state index in [1.165, 1.54) is 11.6 Å². The Balaban J connectivity index is 1.76. The molecule has 4 aromatic rings. The highest BCUT2D eigenvalue weighted by Crippen LogP contribution is 2.34. The first-order chi connectivity index (χ1) is 14.4. The third kappa shape index (κ3) is 2.81. The summed E-state index contributed by atoms with van der Waals surface area (Å²) in [5.74, 6) is 1.41. The molecule has 1 aliphatic heterocycles. The highest BCUT2D eigenvalue weighted by molar-refractivity contribution is 6.30. The van der Waals surface area contributed by atoms with Gasteiger partial charge in [-0.25, -0.2) is 4.79 Å². The number of nitrogens with zero attached hydrogens (tertiary/aromatic N) is 3. The SMILES string of the molecule is Cn1c(=O)c2c(-c3ccc(Cl)cc3)n(Cc3ccc4c(c3)OCO4)cc2n(C)c1=O. The third-order valence-electron chi connectivity index (χ3n) is 5.42. The van der Waals surface area contributed by atoms with Crippen molar-refractivity contribution in [2.75, 3.05) is 6.79 Å². The van der Waals surface area contributed by atoms with E-state index < -0.39 is 0 Å². The first-order valence-electron chi connectivity index (χ1n) is 9.37. The maximum Gasteiger partial charge on any atom is 0.330 e. The van der Waals surface area contributed by atoms with Gasteiger partial charge in [0.1, 0.15) is 0 Å². The number of hydrogen-bond donors (Lipinski definition) is 0. The highest BCUT2D eigenvalue weighted by Gasteiger charge is 2.20. The van der Waals surface area contributed by atoms with Crippen LogP contribution in [-0.2, 0) is 20.6 Å². The highest BCUT2D eigenvalue weighted by atomic mass is 35.5. The van der Waals surface area contributed by atoms with Crippen LogP contribution in [0.3, 0.4) is 0 Å². The number of aromatic nitrogens is 3. The zero-order chi connectivity index (χ0) is 21.0. The van der Waals surface area contributed by atoms with Crippen LogP contribution in [0.2, 0.25) is 5.02 Å². The minimum Gasteiger partial charge on any atom is -0.454 e. The molecule has 0 N–H and O–H groups in total. The Kier molecular flexibility index (Phi) is 4.22. The molecule has 0 amide bonds. The van der Waals surface area contributed by atoms with Crippen molar-refractivity contribution < 1.29 is 9.47 Å². The lowest BCUT2D eigenvalue weighted by atomic mass is 10.1. The topological polar surface area (TPSA) is 67.4 Å². The molecule has 3 heterocycles. The van der Waals surface area contributed by atoms with Crippen LogP contribution in [-0.4, -0.2) is 20.5 Å². The van der Waals surface area contributed by atoms with E-state index in [1.807, 2.05) is 41.1 Å². The van der Waals surface area contributed by atoms with Crippen molar-refractivity contribution in [1.29, 1.82) is 0 Å². The molecule has 8 heteroatoms. The quantitative estimate of drug-likeness (QED) is 0.507. The molecule has 5 rings (SSSR count). The standard InChI is InChI=1S/C22H18ClN3O4/c1-24-16-11-26(10-13-3-8-17-18(9-13)30-12-29-17)20(14-4-6-15(23)7-5-14)19(16)21(27)25(2)22(24)28/h3-9,11H,10,12H2,1-2H3. The van der Waals surface area contributed by atoms with Gasteiger partial charge in [-0.05, 0) is 35.4 Å². The molecular formula is C22H18ClN3O4. The van der Waals surface area contributed by atoms with E-state index in [0.717, 1.165) is 21.4 Å². The lowest BCUT2D eigenvalue weighted by Crippen LogP contribution is -2.36. The van der Waals surface area contributed by atoms with E-state index >= 15 is 0 Å². The molecule has 0 bridgehead atoms. The summed E-state index contributed by atoms with van der Waals surface area (Å²) in [5.41, 5.74) is 2.43. The molecule has 0 fully saturated rings. The van der Waals surface area contributed by atoms with Gasteiger partial charge in [0, 0.05) is 31.9 Å². The molecule has 0 saturated carbocycles. The molecule has 1 aliphatic rings. The summed E-state index contributed by atoms with van der Waals surface area (Å²) in [6.07, 6.45) is 1.84. The maximum absolute atomic E-state index is 13.1. The summed E-state index contributed by atoms with van der Waals surface area (Å²) in [6.45, 7) is 0.695. The van der Waals surface area contributed by atoms with Crippen LogP contribution in [0.25, 0.3) is 22.2 Å². The van der Waals surface area contributed by atoms with E-state index in [1.54, 1.807) is 19.2 Å². The molecule has 7 nitrogen and oxygen atoms in total. The van der Waals surface area contributed by atoms with Crippen LogP contribution >= 0.6 is 11.6 Å². The molecule has 0 radical (unpaired) electrons. The number of benzene rings is 2. The van der Waals surface area contributed by atoms with Crippen LogP contribution in [0.5, 0.6) is 11.5 Å². The Morgan fingerprint density at radius 3 is 2.47 bits per heavy atom. The summed E-state index contributed by atoms with van der Waals surface area (Å²) < 4.78 is 15.5. The second-order valence-corrected chi connectivity index (χ2v) is 7.70. The Morgan fingerprint density at radius 2 is 1.70 bits per heavy atom. The van der Waals surface area contributed by atoms with Gasteiger partial charge in [0.25, 0.3) is 5.56 Å². The van der Waals surface area contributed by atoms with Gasteiger partial charge < -0.3 is 14.0 Å². The number of fused-ring (bicyclic) bond motifs is 2. The largest absolute Gasteiger partial charge is 0.454 e. The fraction of sp³-hybridized carbons (Fsp3) is 0.182. The molecule has 0 unspecified atom stereocenters. The molecule has 152 valence electrons. The molecule has 0 saturated heterocycles. The fourth-order valence-corrected chi connectivity index (χ4v) is 3.99. The van der Waals surface area contributed by atoms with E-state index in [0.29, 0.717) is 34.0 Å². The van der Waals surface area contributed by atoms with E-state index in [-0.39, 0.29) is 18.0 Å².